The molecule has 0 saturated heterocycles. The van der Waals surface area contributed by atoms with Crippen molar-refractivity contribution < 1.29 is 4.79 Å². The summed E-state index contributed by atoms with van der Waals surface area (Å²) in [6, 6.07) is 0.244. The lowest BCUT2D eigenvalue weighted by Crippen LogP contribution is -2.45. The molecule has 0 aliphatic carbocycles. The highest BCUT2D eigenvalue weighted by Gasteiger charge is 2.14. The van der Waals surface area contributed by atoms with Crippen molar-refractivity contribution in [1.29, 1.82) is 0 Å². The van der Waals surface area contributed by atoms with Gasteiger partial charge in [-0.05, 0) is 32.6 Å². The summed E-state index contributed by atoms with van der Waals surface area (Å²) in [6.07, 6.45) is 3.98. The first kappa shape index (κ1) is 15.2. The zero-order valence-corrected chi connectivity index (χ0v) is 11.0. The molecule has 0 heterocycles. The van der Waals surface area contributed by atoms with Crippen LogP contribution in [0.25, 0.3) is 0 Å². The molecule has 1 amide bonds. The number of carbonyl (C=O) groups excluding carboxylic acids is 1. The van der Waals surface area contributed by atoms with Gasteiger partial charge in [-0.15, -0.1) is 6.58 Å². The highest BCUT2D eigenvalue weighted by Crippen LogP contribution is 2.06. The predicted molar refractivity (Wildman–Crippen MR) is 69.3 cm³/mol. The Morgan fingerprint density at radius 3 is 2.38 bits per heavy atom. The van der Waals surface area contributed by atoms with E-state index in [-0.39, 0.29) is 11.9 Å². The minimum absolute atomic E-state index is 0.0382. The molecule has 3 nitrogen and oxygen atoms in total. The summed E-state index contributed by atoms with van der Waals surface area (Å²) < 4.78 is 0. The first-order valence-corrected chi connectivity index (χ1v) is 6.12. The van der Waals surface area contributed by atoms with Crippen molar-refractivity contribution >= 4 is 5.91 Å². The largest absolute Gasteiger partial charge is 0.351 e. The summed E-state index contributed by atoms with van der Waals surface area (Å²) in [5.41, 5.74) is 0. The number of hydrogen-bond acceptors (Lipinski definition) is 2. The van der Waals surface area contributed by atoms with Crippen LogP contribution in [0.3, 0.4) is 0 Å². The molecule has 94 valence electrons. The second-order valence-electron chi connectivity index (χ2n) is 4.79. The standard InChI is InChI=1S/C13H26N2O/c1-6-9-14-13(16)12(5)15-11(4)8-7-10(2)3/h6,10-12,15H,1,7-9H2,2-5H3,(H,14,16). The quantitative estimate of drug-likeness (QED) is 0.622. The molecule has 0 aliphatic rings. The third-order valence-electron chi connectivity index (χ3n) is 2.53. The van der Waals surface area contributed by atoms with Gasteiger partial charge in [0, 0.05) is 12.6 Å². The summed E-state index contributed by atoms with van der Waals surface area (Å²) in [5.74, 6) is 0.755. The van der Waals surface area contributed by atoms with Crippen LogP contribution in [0, 0.1) is 5.92 Å². The second kappa shape index (κ2) is 8.34. The van der Waals surface area contributed by atoms with E-state index in [1.807, 2.05) is 6.92 Å². The van der Waals surface area contributed by atoms with E-state index in [9.17, 15) is 4.79 Å². The van der Waals surface area contributed by atoms with Crippen LogP contribution in [0.2, 0.25) is 0 Å². The summed E-state index contributed by atoms with van der Waals surface area (Å²) in [4.78, 5) is 11.6. The molecular weight excluding hydrogens is 200 g/mol. The Hall–Kier alpha value is -0.830. The average Bonchev–Trinajstić information content (AvgIpc) is 2.22. The molecule has 0 bridgehead atoms. The molecule has 0 radical (unpaired) electrons. The molecule has 0 saturated carbocycles. The maximum Gasteiger partial charge on any atom is 0.237 e. The van der Waals surface area contributed by atoms with Crippen molar-refractivity contribution in [3.8, 4) is 0 Å². The summed E-state index contributed by atoms with van der Waals surface area (Å²) >= 11 is 0. The first-order chi connectivity index (χ1) is 7.47. The third-order valence-corrected chi connectivity index (χ3v) is 2.53. The van der Waals surface area contributed by atoms with Gasteiger partial charge in [0.1, 0.15) is 0 Å². The Bertz CT molecular complexity index is 214. The first-order valence-electron chi connectivity index (χ1n) is 6.12. The predicted octanol–water partition coefficient (Wildman–Crippen LogP) is 2.09. The zero-order chi connectivity index (χ0) is 12.6. The van der Waals surface area contributed by atoms with Gasteiger partial charge < -0.3 is 10.6 Å². The molecule has 2 N–H and O–H groups in total. The van der Waals surface area contributed by atoms with Crippen LogP contribution >= 0.6 is 0 Å². The molecule has 0 aromatic carbocycles. The van der Waals surface area contributed by atoms with Crippen molar-refractivity contribution in [3.63, 3.8) is 0 Å². The molecule has 16 heavy (non-hydrogen) atoms. The van der Waals surface area contributed by atoms with Gasteiger partial charge in [0.25, 0.3) is 0 Å². The Morgan fingerprint density at radius 1 is 1.25 bits per heavy atom. The molecular formula is C13H26N2O. The van der Waals surface area contributed by atoms with Gasteiger partial charge in [0.05, 0.1) is 6.04 Å². The SMILES string of the molecule is C=CCNC(=O)C(C)NC(C)CCC(C)C. The lowest BCUT2D eigenvalue weighted by Gasteiger charge is -2.20. The monoisotopic (exact) mass is 226 g/mol. The van der Waals surface area contributed by atoms with Crippen LogP contribution in [-0.2, 0) is 4.79 Å². The molecule has 3 heteroatoms. The Labute approximate surface area is 99.7 Å². The van der Waals surface area contributed by atoms with E-state index in [2.05, 4.69) is 38.0 Å². The van der Waals surface area contributed by atoms with E-state index in [1.54, 1.807) is 6.08 Å². The lowest BCUT2D eigenvalue weighted by atomic mass is 10.0. The highest BCUT2D eigenvalue weighted by molar-refractivity contribution is 5.81. The van der Waals surface area contributed by atoms with E-state index in [4.69, 9.17) is 0 Å². The van der Waals surface area contributed by atoms with E-state index in [0.29, 0.717) is 18.5 Å². The summed E-state index contributed by atoms with van der Waals surface area (Å²) in [6.45, 7) is 12.5. The van der Waals surface area contributed by atoms with Gasteiger partial charge in [0.15, 0.2) is 0 Å². The van der Waals surface area contributed by atoms with Gasteiger partial charge in [0.2, 0.25) is 5.91 Å². The van der Waals surface area contributed by atoms with Crippen LogP contribution in [0.15, 0.2) is 12.7 Å². The second-order valence-corrected chi connectivity index (χ2v) is 4.79. The number of amides is 1. The molecule has 0 aromatic rings. The summed E-state index contributed by atoms with van der Waals surface area (Å²) in [5, 5.41) is 6.08. The van der Waals surface area contributed by atoms with Crippen LogP contribution in [-0.4, -0.2) is 24.5 Å². The Balaban J connectivity index is 3.79. The van der Waals surface area contributed by atoms with Crippen LogP contribution in [0.1, 0.15) is 40.5 Å². The minimum Gasteiger partial charge on any atom is -0.351 e. The fourth-order valence-electron chi connectivity index (χ4n) is 1.49. The summed E-state index contributed by atoms with van der Waals surface area (Å²) in [7, 11) is 0. The maximum absolute atomic E-state index is 11.6. The lowest BCUT2D eigenvalue weighted by molar-refractivity contribution is -0.122. The fraction of sp³-hybridized carbons (Fsp3) is 0.769. The molecule has 2 atom stereocenters. The molecule has 2 unspecified atom stereocenters. The maximum atomic E-state index is 11.6. The van der Waals surface area contributed by atoms with Crippen molar-refractivity contribution in [3.05, 3.63) is 12.7 Å². The zero-order valence-electron chi connectivity index (χ0n) is 11.0. The van der Waals surface area contributed by atoms with E-state index in [0.717, 1.165) is 6.42 Å². The van der Waals surface area contributed by atoms with Gasteiger partial charge in [-0.1, -0.05) is 19.9 Å². The van der Waals surface area contributed by atoms with Gasteiger partial charge in [-0.2, -0.15) is 0 Å². The average molecular weight is 226 g/mol. The smallest absolute Gasteiger partial charge is 0.237 e. The topological polar surface area (TPSA) is 41.1 Å². The fourth-order valence-corrected chi connectivity index (χ4v) is 1.49. The third kappa shape index (κ3) is 7.46. The number of hydrogen-bond donors (Lipinski definition) is 2. The van der Waals surface area contributed by atoms with E-state index in [1.165, 1.54) is 6.42 Å². The van der Waals surface area contributed by atoms with Crippen molar-refractivity contribution in [2.75, 3.05) is 6.54 Å². The van der Waals surface area contributed by atoms with Crippen molar-refractivity contribution in [2.45, 2.75) is 52.6 Å². The van der Waals surface area contributed by atoms with E-state index < -0.39 is 0 Å². The van der Waals surface area contributed by atoms with Crippen LogP contribution < -0.4 is 10.6 Å². The molecule has 0 spiro atoms. The van der Waals surface area contributed by atoms with Crippen molar-refractivity contribution in [1.82, 2.24) is 10.6 Å². The molecule has 0 fully saturated rings. The molecule has 0 rings (SSSR count). The Kier molecular flexibility index (Phi) is 7.90. The van der Waals surface area contributed by atoms with Crippen LogP contribution in [0.5, 0.6) is 0 Å². The number of nitrogens with one attached hydrogen (secondary N) is 2. The van der Waals surface area contributed by atoms with Gasteiger partial charge in [-0.25, -0.2) is 0 Å². The minimum atomic E-state index is -0.137. The van der Waals surface area contributed by atoms with Gasteiger partial charge in [-0.3, -0.25) is 4.79 Å². The number of carbonyl (C=O) groups is 1. The molecule has 0 aliphatic heterocycles. The van der Waals surface area contributed by atoms with Gasteiger partial charge >= 0.3 is 0 Å². The normalized spacial score (nSPS) is 14.6. The van der Waals surface area contributed by atoms with Crippen LogP contribution in [0.4, 0.5) is 0 Å². The van der Waals surface area contributed by atoms with E-state index >= 15 is 0 Å². The Morgan fingerprint density at radius 2 is 1.88 bits per heavy atom. The number of rotatable bonds is 8. The molecule has 0 aromatic heterocycles. The van der Waals surface area contributed by atoms with Crippen molar-refractivity contribution in [2.24, 2.45) is 5.92 Å². The highest BCUT2D eigenvalue weighted by atomic mass is 16.2.